The van der Waals surface area contributed by atoms with Gasteiger partial charge in [-0.1, -0.05) is 85.8 Å². The predicted molar refractivity (Wildman–Crippen MR) is 147 cm³/mol. The molecular formula is C32H27BO3. The van der Waals surface area contributed by atoms with Crippen molar-refractivity contribution in [2.24, 2.45) is 5.92 Å². The molecule has 2 N–H and O–H groups in total. The molecular weight excluding hydrogens is 443 g/mol. The summed E-state index contributed by atoms with van der Waals surface area (Å²) in [5.41, 5.74) is 11.7. The summed E-state index contributed by atoms with van der Waals surface area (Å²) in [6.45, 7) is 6.66. The van der Waals surface area contributed by atoms with Gasteiger partial charge in [0, 0.05) is 21.8 Å². The first kappa shape index (κ1) is 21.7. The molecule has 1 aromatic heterocycles. The molecule has 176 valence electrons. The van der Waals surface area contributed by atoms with E-state index in [-0.39, 0.29) is 5.41 Å². The van der Waals surface area contributed by atoms with Gasteiger partial charge in [-0.25, -0.2) is 0 Å². The number of hydrogen-bond donors (Lipinski definition) is 2. The zero-order valence-corrected chi connectivity index (χ0v) is 20.7. The summed E-state index contributed by atoms with van der Waals surface area (Å²) in [4.78, 5) is 0. The Hall–Kier alpha value is -3.60. The Balaban J connectivity index is 1.65. The zero-order valence-electron chi connectivity index (χ0n) is 20.7. The monoisotopic (exact) mass is 470 g/mol. The van der Waals surface area contributed by atoms with Crippen LogP contribution in [0.1, 0.15) is 38.3 Å². The number of hydrogen-bond acceptors (Lipinski definition) is 3. The van der Waals surface area contributed by atoms with Crippen LogP contribution >= 0.6 is 0 Å². The first-order valence-electron chi connectivity index (χ1n) is 12.7. The molecule has 1 spiro atoms. The predicted octanol–water partition coefficient (Wildman–Crippen LogP) is 6.33. The van der Waals surface area contributed by atoms with Gasteiger partial charge in [-0.3, -0.25) is 0 Å². The van der Waals surface area contributed by atoms with Crippen LogP contribution in [0.2, 0.25) is 0 Å². The van der Waals surface area contributed by atoms with Gasteiger partial charge in [-0.05, 0) is 65.2 Å². The average molecular weight is 470 g/mol. The number of para-hydroxylation sites is 1. The van der Waals surface area contributed by atoms with E-state index in [1.165, 1.54) is 39.0 Å². The Labute approximate surface area is 210 Å². The van der Waals surface area contributed by atoms with Gasteiger partial charge in [0.15, 0.2) is 0 Å². The minimum atomic E-state index is -1.59. The fourth-order valence-electron chi connectivity index (χ4n) is 6.99. The third kappa shape index (κ3) is 2.51. The molecule has 0 amide bonds. The van der Waals surface area contributed by atoms with E-state index in [4.69, 9.17) is 4.42 Å². The van der Waals surface area contributed by atoms with E-state index in [0.717, 1.165) is 28.3 Å². The number of allylic oxidation sites excluding steroid dienone is 8. The van der Waals surface area contributed by atoms with Crippen molar-refractivity contribution in [1.29, 1.82) is 0 Å². The number of fused-ring (bicyclic) bond motifs is 10. The quantitative estimate of drug-likeness (QED) is 0.337. The molecule has 3 aromatic carbocycles. The van der Waals surface area contributed by atoms with Crippen LogP contribution in [0.4, 0.5) is 0 Å². The van der Waals surface area contributed by atoms with Gasteiger partial charge in [0.05, 0.1) is 5.41 Å². The lowest BCUT2D eigenvalue weighted by atomic mass is 9.67. The molecule has 7 rings (SSSR count). The van der Waals surface area contributed by atoms with Crippen molar-refractivity contribution in [1.82, 2.24) is 0 Å². The average Bonchev–Trinajstić information content (AvgIpc) is 3.48. The Morgan fingerprint density at radius 3 is 2.58 bits per heavy atom. The minimum Gasteiger partial charge on any atom is -0.456 e. The van der Waals surface area contributed by atoms with Crippen molar-refractivity contribution >= 4 is 34.5 Å². The molecule has 2 atom stereocenters. The van der Waals surface area contributed by atoms with Crippen molar-refractivity contribution in [3.63, 3.8) is 0 Å². The maximum atomic E-state index is 10.0. The van der Waals surface area contributed by atoms with Gasteiger partial charge < -0.3 is 14.5 Å². The van der Waals surface area contributed by atoms with E-state index in [2.05, 4.69) is 81.5 Å². The molecule has 36 heavy (non-hydrogen) atoms. The Bertz CT molecular complexity index is 1730. The first-order valence-corrected chi connectivity index (χ1v) is 12.7. The van der Waals surface area contributed by atoms with Gasteiger partial charge in [0.2, 0.25) is 0 Å². The molecule has 0 saturated heterocycles. The van der Waals surface area contributed by atoms with Crippen molar-refractivity contribution in [2.75, 3.05) is 0 Å². The van der Waals surface area contributed by atoms with E-state index < -0.39 is 7.12 Å². The summed E-state index contributed by atoms with van der Waals surface area (Å²) >= 11 is 0. The van der Waals surface area contributed by atoms with Crippen LogP contribution in [-0.2, 0) is 5.41 Å². The normalized spacial score (nSPS) is 22.4. The number of furan rings is 1. The molecule has 1 heterocycles. The van der Waals surface area contributed by atoms with Crippen molar-refractivity contribution in [3.05, 3.63) is 112 Å². The van der Waals surface area contributed by atoms with E-state index >= 15 is 0 Å². The summed E-state index contributed by atoms with van der Waals surface area (Å²) in [7, 11) is -1.59. The van der Waals surface area contributed by atoms with E-state index in [9.17, 15) is 10.0 Å². The maximum Gasteiger partial charge on any atom is 0.492 e. The molecule has 0 aliphatic heterocycles. The minimum absolute atomic E-state index is 0.388. The highest BCUT2D eigenvalue weighted by Gasteiger charge is 2.53. The topological polar surface area (TPSA) is 53.6 Å². The lowest BCUT2D eigenvalue weighted by Crippen LogP contribution is -2.29. The summed E-state index contributed by atoms with van der Waals surface area (Å²) < 4.78 is 6.53. The zero-order chi connectivity index (χ0) is 24.8. The van der Waals surface area contributed by atoms with Crippen LogP contribution in [-0.4, -0.2) is 17.2 Å². The van der Waals surface area contributed by atoms with Crippen LogP contribution in [0.3, 0.4) is 0 Å². The molecule has 0 radical (unpaired) electrons. The van der Waals surface area contributed by atoms with Crippen LogP contribution in [0.5, 0.6) is 0 Å². The fraction of sp³-hybridized carbons (Fsp3) is 0.188. The van der Waals surface area contributed by atoms with Gasteiger partial charge in [-0.15, -0.1) is 0 Å². The largest absolute Gasteiger partial charge is 0.492 e. The van der Waals surface area contributed by atoms with Crippen molar-refractivity contribution < 1.29 is 14.5 Å². The van der Waals surface area contributed by atoms with Crippen molar-refractivity contribution in [2.45, 2.75) is 32.6 Å². The molecule has 0 saturated carbocycles. The molecule has 3 aliphatic carbocycles. The van der Waals surface area contributed by atoms with Gasteiger partial charge >= 0.3 is 7.12 Å². The second-order valence-corrected chi connectivity index (χ2v) is 10.3. The van der Waals surface area contributed by atoms with Crippen LogP contribution in [0, 0.1) is 5.92 Å². The third-order valence-electron chi connectivity index (χ3n) is 8.42. The fourth-order valence-corrected chi connectivity index (χ4v) is 6.99. The first-order chi connectivity index (χ1) is 17.5. The molecule has 4 heteroatoms. The highest BCUT2D eigenvalue weighted by molar-refractivity contribution is 6.61. The van der Waals surface area contributed by atoms with Crippen LogP contribution < -0.4 is 5.46 Å². The SMILES string of the molecule is C/C=C\C1=C(C)C2=C(C=CC(C)C2)C12c1ccccc1-c1c2ccc2c1oc1c(B(O)O)cccc12. The summed E-state index contributed by atoms with van der Waals surface area (Å²) in [5, 5.41) is 21.9. The second kappa shape index (κ2) is 7.46. The summed E-state index contributed by atoms with van der Waals surface area (Å²) in [6.07, 6.45) is 10.2. The van der Waals surface area contributed by atoms with E-state index in [0.29, 0.717) is 17.0 Å². The molecule has 4 aromatic rings. The molecule has 3 nitrogen and oxygen atoms in total. The van der Waals surface area contributed by atoms with Gasteiger partial charge in [0.1, 0.15) is 11.2 Å². The molecule has 0 bridgehead atoms. The summed E-state index contributed by atoms with van der Waals surface area (Å²) in [5.74, 6) is 0.512. The Kier molecular flexibility index (Phi) is 4.49. The summed E-state index contributed by atoms with van der Waals surface area (Å²) in [6, 6.07) is 18.7. The second-order valence-electron chi connectivity index (χ2n) is 10.3. The van der Waals surface area contributed by atoms with E-state index in [1.54, 1.807) is 6.07 Å². The van der Waals surface area contributed by atoms with Gasteiger partial charge in [-0.2, -0.15) is 0 Å². The number of benzene rings is 3. The molecule has 3 aliphatic rings. The highest BCUT2D eigenvalue weighted by Crippen LogP contribution is 2.64. The molecule has 0 fully saturated rings. The lowest BCUT2D eigenvalue weighted by molar-refractivity contribution is 0.425. The maximum absolute atomic E-state index is 10.0. The smallest absolute Gasteiger partial charge is 0.456 e. The lowest BCUT2D eigenvalue weighted by Gasteiger charge is -2.33. The van der Waals surface area contributed by atoms with E-state index in [1.807, 2.05) is 12.1 Å². The Morgan fingerprint density at radius 1 is 0.972 bits per heavy atom. The molecule has 2 unspecified atom stereocenters. The third-order valence-corrected chi connectivity index (χ3v) is 8.42. The van der Waals surface area contributed by atoms with Crippen molar-refractivity contribution in [3.8, 4) is 11.1 Å². The number of rotatable bonds is 2. The van der Waals surface area contributed by atoms with Gasteiger partial charge in [0.25, 0.3) is 0 Å². The van der Waals surface area contributed by atoms with Crippen LogP contribution in [0.15, 0.2) is 106 Å². The highest BCUT2D eigenvalue weighted by atomic mass is 16.4. The standard InChI is InChI=1S/C32H27BO3/c1-4-8-24-19(3)23-17-18(2)13-15-26(23)32(24)25-11-6-5-9-22(25)29-27(32)16-14-21-20-10-7-12-28(33(34)35)30(20)36-31(21)29/h4-16,18,34-35H,17H2,1-3H3/b8-4-. The van der Waals surface area contributed by atoms with Crippen LogP contribution in [0.25, 0.3) is 33.1 Å². The Morgan fingerprint density at radius 2 is 1.78 bits per heavy atom.